The number of halogens is 3. The van der Waals surface area contributed by atoms with Gasteiger partial charge in [0, 0.05) is 49.4 Å². The van der Waals surface area contributed by atoms with E-state index in [1.807, 2.05) is 146 Å². The van der Waals surface area contributed by atoms with Crippen LogP contribution in [0.1, 0.15) is 5.56 Å². The Morgan fingerprint density at radius 3 is 1.17 bits per heavy atom. The van der Waals surface area contributed by atoms with Gasteiger partial charge in [-0.1, -0.05) is 182 Å². The van der Waals surface area contributed by atoms with Gasteiger partial charge in [-0.05, 0) is 82.9 Å². The Morgan fingerprint density at radius 2 is 0.681 bits per heavy atom. The van der Waals surface area contributed by atoms with Crippen LogP contribution in [0, 0.1) is 0 Å². The van der Waals surface area contributed by atoms with Crippen LogP contribution < -0.4 is 0 Å². The molecule has 342 valence electrons. The van der Waals surface area contributed by atoms with Gasteiger partial charge in [-0.2, -0.15) is 13.2 Å². The Balaban J connectivity index is 1.12. The van der Waals surface area contributed by atoms with Crippen molar-refractivity contribution in [2.24, 2.45) is 0 Å². The van der Waals surface area contributed by atoms with E-state index in [0.29, 0.717) is 45.5 Å². The maximum atomic E-state index is 15.2. The van der Waals surface area contributed by atoms with Gasteiger partial charge in [0.25, 0.3) is 0 Å². The SMILES string of the molecule is FC(F)(F)c1ccc(-n2c3ccccc3c3cc(-c4ccccc4)ccc32)c(-c2ccc(-c3nc(-c4ccccc4)nc(-c4ccccc4)n3)cc2-n2c3ccccc3c3cc(-c4ccccc4)ccc32)c1. The standard InChI is InChI=1S/C64H40F3N5/c65-64(66,67)48-32-36-59(71-55-27-15-13-25-49(55)52-37-45(30-34-57(52)71)41-17-5-1-6-18-41)54(40-48)51-33-29-47(63-69-61(43-21-9-3-10-22-43)68-62(70-63)44-23-11-4-12-24-44)39-60(51)72-56-28-16-14-26-50(56)53-38-46(31-35-58(53)72)42-19-7-2-8-20-42/h1-40H. The Labute approximate surface area is 412 Å². The third kappa shape index (κ3) is 7.40. The van der Waals surface area contributed by atoms with Gasteiger partial charge in [0.2, 0.25) is 0 Å². The van der Waals surface area contributed by atoms with Gasteiger partial charge in [-0.3, -0.25) is 0 Å². The minimum absolute atomic E-state index is 0.401. The molecule has 13 rings (SSSR count). The number of fused-ring (bicyclic) bond motifs is 6. The van der Waals surface area contributed by atoms with Crippen LogP contribution in [0.15, 0.2) is 243 Å². The number of alkyl halides is 3. The molecule has 3 aromatic heterocycles. The van der Waals surface area contributed by atoms with E-state index in [1.165, 1.54) is 12.1 Å². The lowest BCUT2D eigenvalue weighted by molar-refractivity contribution is -0.137. The molecule has 0 aliphatic rings. The molecule has 0 bridgehead atoms. The van der Waals surface area contributed by atoms with E-state index in [9.17, 15) is 0 Å². The van der Waals surface area contributed by atoms with Crippen molar-refractivity contribution < 1.29 is 13.2 Å². The van der Waals surface area contributed by atoms with E-state index in [1.54, 1.807) is 6.07 Å². The largest absolute Gasteiger partial charge is 0.416 e. The van der Waals surface area contributed by atoms with Crippen molar-refractivity contribution in [1.82, 2.24) is 24.1 Å². The summed E-state index contributed by atoms with van der Waals surface area (Å²) in [5, 5.41) is 3.98. The van der Waals surface area contributed by atoms with Crippen LogP contribution in [0.3, 0.4) is 0 Å². The Hall–Kier alpha value is -9.40. The zero-order valence-electron chi connectivity index (χ0n) is 38.5. The summed E-state index contributed by atoms with van der Waals surface area (Å²) in [7, 11) is 0. The molecular weight excluding hydrogens is 896 g/mol. The first-order chi connectivity index (χ1) is 35.3. The van der Waals surface area contributed by atoms with Crippen LogP contribution in [0.25, 0.3) is 123 Å². The second-order valence-electron chi connectivity index (χ2n) is 17.9. The first-order valence-corrected chi connectivity index (χ1v) is 23.7. The summed E-state index contributed by atoms with van der Waals surface area (Å²) < 4.78 is 50.0. The maximum absolute atomic E-state index is 15.2. The van der Waals surface area contributed by atoms with Crippen molar-refractivity contribution in [3.8, 4) is 78.9 Å². The Bertz CT molecular complexity index is 4130. The van der Waals surface area contributed by atoms with Crippen LogP contribution in [0.5, 0.6) is 0 Å². The topological polar surface area (TPSA) is 48.5 Å². The van der Waals surface area contributed by atoms with Crippen molar-refractivity contribution in [1.29, 1.82) is 0 Å². The number of rotatable bonds is 8. The van der Waals surface area contributed by atoms with Gasteiger partial charge in [0.15, 0.2) is 17.5 Å². The number of aromatic nitrogens is 5. The zero-order chi connectivity index (χ0) is 48.3. The molecule has 3 heterocycles. The first kappa shape index (κ1) is 42.7. The van der Waals surface area contributed by atoms with E-state index in [2.05, 4.69) is 88.0 Å². The van der Waals surface area contributed by atoms with Gasteiger partial charge in [0.1, 0.15) is 0 Å². The number of hydrogen-bond acceptors (Lipinski definition) is 3. The average Bonchev–Trinajstić information content (AvgIpc) is 3.95. The second kappa shape index (κ2) is 17.2. The minimum atomic E-state index is -4.63. The van der Waals surface area contributed by atoms with Crippen LogP contribution in [0.4, 0.5) is 13.2 Å². The normalized spacial score (nSPS) is 11.8. The average molecular weight is 936 g/mol. The molecule has 0 fully saturated rings. The van der Waals surface area contributed by atoms with E-state index < -0.39 is 11.7 Å². The molecule has 0 radical (unpaired) electrons. The van der Waals surface area contributed by atoms with E-state index in [0.717, 1.165) is 77.0 Å². The van der Waals surface area contributed by atoms with Crippen LogP contribution in [-0.2, 0) is 6.18 Å². The fourth-order valence-electron chi connectivity index (χ4n) is 10.2. The fraction of sp³-hybridized carbons (Fsp3) is 0.0156. The van der Waals surface area contributed by atoms with Gasteiger partial charge >= 0.3 is 6.18 Å². The number of para-hydroxylation sites is 2. The van der Waals surface area contributed by atoms with Crippen molar-refractivity contribution in [2.45, 2.75) is 6.18 Å². The minimum Gasteiger partial charge on any atom is -0.309 e. The highest BCUT2D eigenvalue weighted by molar-refractivity contribution is 6.13. The summed E-state index contributed by atoms with van der Waals surface area (Å²) in [6.07, 6.45) is -4.63. The van der Waals surface area contributed by atoms with E-state index in [4.69, 9.17) is 15.0 Å². The molecule has 0 N–H and O–H groups in total. The predicted molar refractivity (Wildman–Crippen MR) is 286 cm³/mol. The molecule has 0 saturated carbocycles. The lowest BCUT2D eigenvalue weighted by Crippen LogP contribution is -2.08. The van der Waals surface area contributed by atoms with E-state index >= 15 is 13.2 Å². The highest BCUT2D eigenvalue weighted by Crippen LogP contribution is 2.45. The molecule has 13 aromatic rings. The summed E-state index contributed by atoms with van der Waals surface area (Å²) in [4.78, 5) is 15.2. The van der Waals surface area contributed by atoms with Crippen molar-refractivity contribution in [2.75, 3.05) is 0 Å². The summed E-state index contributed by atoms with van der Waals surface area (Å²) in [5.41, 5.74) is 11.5. The molecular formula is C64H40F3N5. The summed E-state index contributed by atoms with van der Waals surface area (Å²) in [5.74, 6) is 1.41. The molecule has 0 aliphatic carbocycles. The van der Waals surface area contributed by atoms with Gasteiger partial charge in [-0.15, -0.1) is 0 Å². The monoisotopic (exact) mass is 935 g/mol. The van der Waals surface area contributed by atoms with Crippen LogP contribution >= 0.6 is 0 Å². The molecule has 0 spiro atoms. The van der Waals surface area contributed by atoms with Crippen LogP contribution in [-0.4, -0.2) is 24.1 Å². The number of benzene rings is 10. The summed E-state index contributed by atoms with van der Waals surface area (Å²) in [6.45, 7) is 0. The quantitative estimate of drug-likeness (QED) is 0.153. The second-order valence-corrected chi connectivity index (χ2v) is 17.9. The molecule has 5 nitrogen and oxygen atoms in total. The van der Waals surface area contributed by atoms with Crippen molar-refractivity contribution in [3.05, 3.63) is 248 Å². The molecule has 0 unspecified atom stereocenters. The van der Waals surface area contributed by atoms with Gasteiger partial charge in [0.05, 0.1) is 39.0 Å². The molecule has 0 aliphatic heterocycles. The van der Waals surface area contributed by atoms with Gasteiger partial charge < -0.3 is 9.13 Å². The zero-order valence-corrected chi connectivity index (χ0v) is 38.5. The third-order valence-electron chi connectivity index (χ3n) is 13.6. The fourth-order valence-corrected chi connectivity index (χ4v) is 10.2. The molecule has 8 heteroatoms. The maximum Gasteiger partial charge on any atom is 0.416 e. The Morgan fingerprint density at radius 1 is 0.278 bits per heavy atom. The summed E-state index contributed by atoms with van der Waals surface area (Å²) in [6, 6.07) is 79.1. The first-order valence-electron chi connectivity index (χ1n) is 23.7. The van der Waals surface area contributed by atoms with E-state index in [-0.39, 0.29) is 0 Å². The Kier molecular flexibility index (Phi) is 10.2. The molecule has 72 heavy (non-hydrogen) atoms. The van der Waals surface area contributed by atoms with Crippen LogP contribution in [0.2, 0.25) is 0 Å². The van der Waals surface area contributed by atoms with Gasteiger partial charge in [-0.25, -0.2) is 15.0 Å². The molecule has 0 saturated heterocycles. The molecule has 10 aromatic carbocycles. The van der Waals surface area contributed by atoms with Crippen molar-refractivity contribution in [3.63, 3.8) is 0 Å². The lowest BCUT2D eigenvalue weighted by Gasteiger charge is -2.21. The highest BCUT2D eigenvalue weighted by Gasteiger charge is 2.32. The third-order valence-corrected chi connectivity index (χ3v) is 13.6. The summed E-state index contributed by atoms with van der Waals surface area (Å²) >= 11 is 0. The number of nitrogens with zero attached hydrogens (tertiary/aromatic N) is 5. The van der Waals surface area contributed by atoms with Crippen molar-refractivity contribution >= 4 is 43.6 Å². The lowest BCUT2D eigenvalue weighted by atomic mass is 9.96. The highest BCUT2D eigenvalue weighted by atomic mass is 19.4. The molecule has 0 amide bonds. The number of hydrogen-bond donors (Lipinski definition) is 0. The predicted octanol–water partition coefficient (Wildman–Crippen LogP) is 17.1. The smallest absolute Gasteiger partial charge is 0.309 e. The molecule has 0 atom stereocenters.